The van der Waals surface area contributed by atoms with Gasteiger partial charge in [-0.3, -0.25) is 0 Å². The van der Waals surface area contributed by atoms with Gasteiger partial charge in [0.05, 0.1) is 29.8 Å². The molecule has 128 valence electrons. The second kappa shape index (κ2) is 6.51. The van der Waals surface area contributed by atoms with Gasteiger partial charge in [-0.1, -0.05) is 11.6 Å². The van der Waals surface area contributed by atoms with Crippen LogP contribution in [0.1, 0.15) is 62.3 Å². The second-order valence-corrected chi connectivity index (χ2v) is 6.90. The Morgan fingerprint density at radius 1 is 1.17 bits per heavy atom. The molecule has 0 radical (unpaired) electrons. The molecule has 0 aromatic carbocycles. The molecule has 2 heterocycles. The highest BCUT2D eigenvalue weighted by Crippen LogP contribution is 2.44. The monoisotopic (exact) mass is 328 g/mol. The minimum Gasteiger partial charge on any atom is -0.489 e. The highest BCUT2D eigenvalue weighted by molar-refractivity contribution is 5.58. The fourth-order valence-corrected chi connectivity index (χ4v) is 3.46. The number of aromatic nitrogens is 4. The molecular formula is C18H24N4O2. The van der Waals surface area contributed by atoms with Crippen molar-refractivity contribution in [1.82, 2.24) is 20.0 Å². The average Bonchev–Trinajstić information content (AvgIpc) is 3.39. The van der Waals surface area contributed by atoms with Gasteiger partial charge in [-0.15, -0.1) is 5.10 Å². The maximum atomic E-state index is 9.56. The Bertz CT molecular complexity index is 718. The molecule has 6 heteroatoms. The highest BCUT2D eigenvalue weighted by Gasteiger charge is 2.30. The van der Waals surface area contributed by atoms with Crippen LogP contribution < -0.4 is 4.74 Å². The summed E-state index contributed by atoms with van der Waals surface area (Å²) < 4.78 is 7.88. The van der Waals surface area contributed by atoms with Gasteiger partial charge in [0.15, 0.2) is 0 Å². The van der Waals surface area contributed by atoms with E-state index in [1.165, 1.54) is 32.1 Å². The summed E-state index contributed by atoms with van der Waals surface area (Å²) in [6.07, 6.45) is 8.80. The zero-order chi connectivity index (χ0) is 16.5. The standard InChI is InChI=1S/C18H24N4O2/c1-22-15(11-23)18(20-21-22)14-9-10-16(17(19-14)12-7-8-12)24-13-5-3-2-4-6-13/h9-10,12-13,23H,2-8,11H2,1H3. The SMILES string of the molecule is Cn1nnc(-c2ccc(OC3CCCCC3)c(C3CC3)n2)c1CO. The lowest BCUT2D eigenvalue weighted by Crippen LogP contribution is -2.20. The largest absolute Gasteiger partial charge is 0.489 e. The first-order valence-electron chi connectivity index (χ1n) is 8.93. The molecule has 2 aliphatic carbocycles. The Balaban J connectivity index is 1.64. The second-order valence-electron chi connectivity index (χ2n) is 6.90. The number of aliphatic hydroxyl groups excluding tert-OH is 1. The van der Waals surface area contributed by atoms with Gasteiger partial charge in [0, 0.05) is 13.0 Å². The Morgan fingerprint density at radius 3 is 2.67 bits per heavy atom. The molecule has 1 N–H and O–H groups in total. The van der Waals surface area contributed by atoms with Gasteiger partial charge in [-0.2, -0.15) is 0 Å². The van der Waals surface area contributed by atoms with Gasteiger partial charge in [0.25, 0.3) is 0 Å². The van der Waals surface area contributed by atoms with Crippen LogP contribution in [0.5, 0.6) is 5.75 Å². The van der Waals surface area contributed by atoms with Crippen LogP contribution in [0, 0.1) is 0 Å². The van der Waals surface area contributed by atoms with Crippen LogP contribution >= 0.6 is 0 Å². The van der Waals surface area contributed by atoms with Crippen molar-refractivity contribution < 1.29 is 9.84 Å². The average molecular weight is 328 g/mol. The Hall–Kier alpha value is -1.95. The molecule has 0 amide bonds. The van der Waals surface area contributed by atoms with Gasteiger partial charge < -0.3 is 9.84 Å². The molecule has 0 spiro atoms. The third kappa shape index (κ3) is 3.02. The van der Waals surface area contributed by atoms with Crippen molar-refractivity contribution in [2.24, 2.45) is 7.05 Å². The minimum atomic E-state index is -0.0976. The smallest absolute Gasteiger partial charge is 0.141 e. The predicted molar refractivity (Wildman–Crippen MR) is 89.6 cm³/mol. The lowest BCUT2D eigenvalue weighted by Gasteiger charge is -2.24. The van der Waals surface area contributed by atoms with Gasteiger partial charge in [0.2, 0.25) is 0 Å². The molecule has 2 aliphatic rings. The molecule has 6 nitrogen and oxygen atoms in total. The van der Waals surface area contributed by atoms with Crippen LogP contribution in [0.4, 0.5) is 0 Å². The quantitative estimate of drug-likeness (QED) is 0.913. The van der Waals surface area contributed by atoms with E-state index >= 15 is 0 Å². The maximum absolute atomic E-state index is 9.56. The lowest BCUT2D eigenvalue weighted by molar-refractivity contribution is 0.153. The third-order valence-electron chi connectivity index (χ3n) is 5.03. The first-order chi connectivity index (χ1) is 11.8. The first-order valence-corrected chi connectivity index (χ1v) is 8.93. The number of hydrogen-bond donors (Lipinski definition) is 1. The van der Waals surface area contributed by atoms with Gasteiger partial charge in [0.1, 0.15) is 11.4 Å². The summed E-state index contributed by atoms with van der Waals surface area (Å²) in [6, 6.07) is 3.97. The van der Waals surface area contributed by atoms with Gasteiger partial charge in [-0.25, -0.2) is 9.67 Å². The Labute approximate surface area is 141 Å². The van der Waals surface area contributed by atoms with Crippen molar-refractivity contribution in [2.75, 3.05) is 0 Å². The number of hydrogen-bond acceptors (Lipinski definition) is 5. The van der Waals surface area contributed by atoms with Gasteiger partial charge >= 0.3 is 0 Å². The summed E-state index contributed by atoms with van der Waals surface area (Å²) in [5.74, 6) is 1.43. The third-order valence-corrected chi connectivity index (χ3v) is 5.03. The van der Waals surface area contributed by atoms with E-state index in [0.29, 0.717) is 23.4 Å². The fourth-order valence-electron chi connectivity index (χ4n) is 3.46. The topological polar surface area (TPSA) is 73.1 Å². The lowest BCUT2D eigenvalue weighted by atomic mass is 9.98. The summed E-state index contributed by atoms with van der Waals surface area (Å²) >= 11 is 0. The molecule has 24 heavy (non-hydrogen) atoms. The minimum absolute atomic E-state index is 0.0976. The van der Waals surface area contributed by atoms with Crippen molar-refractivity contribution >= 4 is 0 Å². The summed E-state index contributed by atoms with van der Waals surface area (Å²) in [6.45, 7) is -0.0976. The fraction of sp³-hybridized carbons (Fsp3) is 0.611. The molecule has 2 aromatic rings. The molecular weight excluding hydrogens is 304 g/mol. The molecule has 0 aliphatic heterocycles. The molecule has 0 saturated heterocycles. The number of nitrogens with zero attached hydrogens (tertiary/aromatic N) is 4. The van der Waals surface area contributed by atoms with E-state index in [1.54, 1.807) is 11.7 Å². The first kappa shape index (κ1) is 15.6. The van der Waals surface area contributed by atoms with Crippen LogP contribution in [0.2, 0.25) is 0 Å². The highest BCUT2D eigenvalue weighted by atomic mass is 16.5. The van der Waals surface area contributed by atoms with Crippen molar-refractivity contribution in [1.29, 1.82) is 0 Å². The molecule has 2 fully saturated rings. The molecule has 4 rings (SSSR count). The Kier molecular flexibility index (Phi) is 4.22. The van der Waals surface area contributed by atoms with Crippen molar-refractivity contribution in [3.05, 3.63) is 23.5 Å². The number of aryl methyl sites for hydroxylation is 1. The van der Waals surface area contributed by atoms with E-state index in [9.17, 15) is 5.11 Å². The molecule has 2 aromatic heterocycles. The van der Waals surface area contributed by atoms with E-state index in [0.717, 1.165) is 30.0 Å². The maximum Gasteiger partial charge on any atom is 0.141 e. The summed E-state index contributed by atoms with van der Waals surface area (Å²) in [4.78, 5) is 4.84. The zero-order valence-electron chi connectivity index (χ0n) is 14.1. The molecule has 2 saturated carbocycles. The van der Waals surface area contributed by atoms with Crippen molar-refractivity contribution in [2.45, 2.75) is 63.6 Å². The molecule has 0 unspecified atom stereocenters. The van der Waals surface area contributed by atoms with E-state index in [4.69, 9.17) is 9.72 Å². The number of ether oxygens (including phenoxy) is 1. The van der Waals surface area contributed by atoms with Crippen molar-refractivity contribution in [3.63, 3.8) is 0 Å². The predicted octanol–water partition coefficient (Wildman–Crippen LogP) is 2.96. The Morgan fingerprint density at radius 2 is 1.96 bits per heavy atom. The summed E-state index contributed by atoms with van der Waals surface area (Å²) in [7, 11) is 1.78. The van der Waals surface area contributed by atoms with Crippen LogP contribution in [0.15, 0.2) is 12.1 Å². The van der Waals surface area contributed by atoms with Gasteiger partial charge in [-0.05, 0) is 50.7 Å². The van der Waals surface area contributed by atoms with E-state index in [-0.39, 0.29) is 6.61 Å². The van der Waals surface area contributed by atoms with E-state index in [1.807, 2.05) is 12.1 Å². The summed E-state index contributed by atoms with van der Waals surface area (Å²) in [5, 5.41) is 17.7. The van der Waals surface area contributed by atoms with Crippen LogP contribution in [0.3, 0.4) is 0 Å². The van der Waals surface area contributed by atoms with E-state index in [2.05, 4.69) is 10.3 Å². The zero-order valence-corrected chi connectivity index (χ0v) is 14.1. The molecule has 0 bridgehead atoms. The summed E-state index contributed by atoms with van der Waals surface area (Å²) in [5.41, 5.74) is 3.16. The number of rotatable bonds is 5. The van der Waals surface area contributed by atoms with Crippen LogP contribution in [0.25, 0.3) is 11.4 Å². The number of pyridine rings is 1. The number of aliphatic hydroxyl groups is 1. The van der Waals surface area contributed by atoms with Crippen molar-refractivity contribution in [3.8, 4) is 17.1 Å². The van der Waals surface area contributed by atoms with Crippen LogP contribution in [-0.4, -0.2) is 31.2 Å². The molecule has 0 atom stereocenters. The van der Waals surface area contributed by atoms with Crippen LogP contribution in [-0.2, 0) is 13.7 Å². The van der Waals surface area contributed by atoms with E-state index < -0.39 is 0 Å². The normalized spacial score (nSPS) is 18.8.